The largest absolute Gasteiger partial charge is 0.486 e. The minimum absolute atomic E-state index is 0.00376. The summed E-state index contributed by atoms with van der Waals surface area (Å²) in [6.45, 7) is -0.370. The van der Waals surface area contributed by atoms with E-state index in [0.717, 1.165) is 16.6 Å². The molecule has 0 saturated carbocycles. The van der Waals surface area contributed by atoms with Gasteiger partial charge in [-0.15, -0.1) is 0 Å². The molecule has 1 atom stereocenters. The van der Waals surface area contributed by atoms with Crippen LogP contribution in [0, 0.1) is 11.6 Å². The normalized spacial score (nSPS) is 16.9. The molecule has 1 heterocycles. The highest BCUT2D eigenvalue weighted by Crippen LogP contribution is 2.33. The fourth-order valence-electron chi connectivity index (χ4n) is 2.03. The highest BCUT2D eigenvalue weighted by atomic mass is 79.9. The van der Waals surface area contributed by atoms with Gasteiger partial charge in [-0.3, -0.25) is 4.18 Å². The Hall–Kier alpha value is -1.71. The van der Waals surface area contributed by atoms with Crippen molar-refractivity contribution in [2.75, 3.05) is 13.2 Å². The van der Waals surface area contributed by atoms with E-state index in [1.807, 2.05) is 0 Å². The third-order valence-electron chi connectivity index (χ3n) is 3.22. The summed E-state index contributed by atoms with van der Waals surface area (Å²) < 4.78 is 66.8. The molecule has 1 aliphatic rings. The maximum atomic E-state index is 13.2. The topological polar surface area (TPSA) is 61.8 Å². The first kappa shape index (κ1) is 17.1. The Balaban J connectivity index is 1.67. The number of ether oxygens (including phenoxy) is 2. The van der Waals surface area contributed by atoms with Gasteiger partial charge in [0.2, 0.25) is 0 Å². The fraction of sp³-hybridized carbons (Fsp3) is 0.200. The average Bonchev–Trinajstić information content (AvgIpc) is 2.54. The second-order valence-electron chi connectivity index (χ2n) is 4.96. The van der Waals surface area contributed by atoms with Gasteiger partial charge in [-0.1, -0.05) is 15.9 Å². The third-order valence-corrected chi connectivity index (χ3v) is 5.04. The summed E-state index contributed by atoms with van der Waals surface area (Å²) in [4.78, 5) is -0.00376. The van der Waals surface area contributed by atoms with E-state index in [1.54, 1.807) is 12.1 Å². The van der Waals surface area contributed by atoms with E-state index >= 15 is 0 Å². The molecule has 3 rings (SSSR count). The van der Waals surface area contributed by atoms with Gasteiger partial charge < -0.3 is 9.47 Å². The van der Waals surface area contributed by atoms with E-state index in [-0.39, 0.29) is 29.6 Å². The Morgan fingerprint density at radius 3 is 2.42 bits per heavy atom. The molecular weight excluding hydrogens is 410 g/mol. The first-order valence-electron chi connectivity index (χ1n) is 6.78. The molecule has 0 aliphatic carbocycles. The van der Waals surface area contributed by atoms with Gasteiger partial charge >= 0.3 is 0 Å². The lowest BCUT2D eigenvalue weighted by atomic mass is 10.2. The van der Waals surface area contributed by atoms with Crippen LogP contribution in [0.2, 0.25) is 0 Å². The Kier molecular flexibility index (Phi) is 4.75. The van der Waals surface area contributed by atoms with Crippen LogP contribution in [0.5, 0.6) is 11.5 Å². The van der Waals surface area contributed by atoms with Crippen LogP contribution < -0.4 is 9.47 Å². The Bertz CT molecular complexity index is 855. The minimum atomic E-state index is -3.96. The second-order valence-corrected chi connectivity index (χ2v) is 7.49. The number of hydrogen-bond acceptors (Lipinski definition) is 5. The van der Waals surface area contributed by atoms with Crippen molar-refractivity contribution in [3.63, 3.8) is 0 Å². The molecule has 0 amide bonds. The van der Waals surface area contributed by atoms with Gasteiger partial charge in [0.15, 0.2) is 29.2 Å². The average molecular weight is 421 g/mol. The Labute approximate surface area is 145 Å². The molecule has 128 valence electrons. The van der Waals surface area contributed by atoms with Crippen LogP contribution in [-0.4, -0.2) is 27.7 Å². The number of rotatable bonds is 4. The van der Waals surface area contributed by atoms with Crippen molar-refractivity contribution in [3.05, 3.63) is 52.5 Å². The lowest BCUT2D eigenvalue weighted by Crippen LogP contribution is -2.34. The number of fused-ring (bicyclic) bond motifs is 1. The summed E-state index contributed by atoms with van der Waals surface area (Å²) in [5, 5.41) is 0. The molecule has 0 N–H and O–H groups in total. The highest BCUT2D eigenvalue weighted by Gasteiger charge is 2.26. The first-order chi connectivity index (χ1) is 11.3. The van der Waals surface area contributed by atoms with Gasteiger partial charge in [-0.25, -0.2) is 8.78 Å². The van der Waals surface area contributed by atoms with Crippen molar-refractivity contribution < 1.29 is 30.9 Å². The SMILES string of the molecule is O=S(=O)(OCC1COc2cc(F)c(F)cc2O1)c1ccc(Br)cc1. The quantitative estimate of drug-likeness (QED) is 0.710. The molecule has 5 nitrogen and oxygen atoms in total. The molecule has 1 unspecified atom stereocenters. The summed E-state index contributed by atoms with van der Waals surface area (Å²) in [5.74, 6) is -2.08. The Morgan fingerprint density at radius 1 is 1.12 bits per heavy atom. The lowest BCUT2D eigenvalue weighted by Gasteiger charge is -2.26. The predicted octanol–water partition coefficient (Wildman–Crippen LogP) is 3.27. The van der Waals surface area contributed by atoms with E-state index in [4.69, 9.17) is 13.7 Å². The molecule has 0 spiro atoms. The predicted molar refractivity (Wildman–Crippen MR) is 83.5 cm³/mol. The van der Waals surface area contributed by atoms with Gasteiger partial charge in [0.1, 0.15) is 13.2 Å². The van der Waals surface area contributed by atoms with E-state index in [2.05, 4.69) is 15.9 Å². The third kappa shape index (κ3) is 3.68. The van der Waals surface area contributed by atoms with Crippen molar-refractivity contribution in [1.82, 2.24) is 0 Å². The molecule has 0 aromatic heterocycles. The van der Waals surface area contributed by atoms with Crippen LogP contribution in [0.4, 0.5) is 8.78 Å². The zero-order valence-corrected chi connectivity index (χ0v) is 14.4. The molecule has 0 fully saturated rings. The smallest absolute Gasteiger partial charge is 0.297 e. The van der Waals surface area contributed by atoms with E-state index in [0.29, 0.717) is 0 Å². The summed E-state index contributed by atoms with van der Waals surface area (Å²) in [5.41, 5.74) is 0. The van der Waals surface area contributed by atoms with Gasteiger partial charge in [0.25, 0.3) is 10.1 Å². The maximum absolute atomic E-state index is 13.2. The molecule has 2 aromatic carbocycles. The monoisotopic (exact) mass is 420 g/mol. The van der Waals surface area contributed by atoms with Crippen molar-refractivity contribution in [1.29, 1.82) is 0 Å². The molecule has 0 bridgehead atoms. The van der Waals surface area contributed by atoms with Gasteiger partial charge in [0.05, 0.1) is 4.90 Å². The van der Waals surface area contributed by atoms with Crippen molar-refractivity contribution in [2.45, 2.75) is 11.0 Å². The van der Waals surface area contributed by atoms with Crippen LogP contribution in [0.25, 0.3) is 0 Å². The number of hydrogen-bond donors (Lipinski definition) is 0. The zero-order valence-electron chi connectivity index (χ0n) is 12.0. The second kappa shape index (κ2) is 6.66. The first-order valence-corrected chi connectivity index (χ1v) is 8.99. The van der Waals surface area contributed by atoms with Crippen LogP contribution in [-0.2, 0) is 14.3 Å². The molecular formula is C15H11BrF2O5S. The summed E-state index contributed by atoms with van der Waals surface area (Å²) >= 11 is 3.21. The van der Waals surface area contributed by atoms with Gasteiger partial charge in [-0.05, 0) is 24.3 Å². The minimum Gasteiger partial charge on any atom is -0.486 e. The molecule has 24 heavy (non-hydrogen) atoms. The van der Waals surface area contributed by atoms with Crippen molar-refractivity contribution in [3.8, 4) is 11.5 Å². The van der Waals surface area contributed by atoms with E-state index in [9.17, 15) is 17.2 Å². The van der Waals surface area contributed by atoms with E-state index < -0.39 is 27.9 Å². The summed E-state index contributed by atoms with van der Waals surface area (Å²) in [6.07, 6.45) is -0.771. The van der Waals surface area contributed by atoms with Gasteiger partial charge in [0, 0.05) is 16.6 Å². The summed E-state index contributed by atoms with van der Waals surface area (Å²) in [6, 6.07) is 7.66. The van der Waals surface area contributed by atoms with Gasteiger partial charge in [-0.2, -0.15) is 8.42 Å². The zero-order chi connectivity index (χ0) is 17.3. The molecule has 0 saturated heterocycles. The molecule has 1 aliphatic heterocycles. The van der Waals surface area contributed by atoms with Crippen LogP contribution in [0.3, 0.4) is 0 Å². The van der Waals surface area contributed by atoms with Crippen molar-refractivity contribution in [2.24, 2.45) is 0 Å². The maximum Gasteiger partial charge on any atom is 0.297 e. The molecule has 0 radical (unpaired) electrons. The highest BCUT2D eigenvalue weighted by molar-refractivity contribution is 9.10. The van der Waals surface area contributed by atoms with Crippen LogP contribution >= 0.6 is 15.9 Å². The fourth-order valence-corrected chi connectivity index (χ4v) is 3.23. The van der Waals surface area contributed by atoms with E-state index in [1.165, 1.54) is 12.1 Å². The molecule has 9 heteroatoms. The molecule has 2 aromatic rings. The van der Waals surface area contributed by atoms with Crippen LogP contribution in [0.1, 0.15) is 0 Å². The number of benzene rings is 2. The standard InChI is InChI=1S/C15H11BrF2O5S/c16-9-1-3-11(4-2-9)24(19,20)22-8-10-7-21-14-5-12(17)13(18)6-15(14)23-10/h1-6,10H,7-8H2. The number of halogens is 3. The lowest BCUT2D eigenvalue weighted by molar-refractivity contribution is 0.0546. The Morgan fingerprint density at radius 2 is 1.75 bits per heavy atom. The van der Waals surface area contributed by atoms with Crippen molar-refractivity contribution >= 4 is 26.0 Å². The van der Waals surface area contributed by atoms with Crippen LogP contribution in [0.15, 0.2) is 45.8 Å². The summed E-state index contributed by atoms with van der Waals surface area (Å²) in [7, 11) is -3.96.